The number of benzene rings is 1. The van der Waals surface area contributed by atoms with Crippen LogP contribution in [0, 0.1) is 11.3 Å². The highest BCUT2D eigenvalue weighted by Gasteiger charge is 2.06. The lowest BCUT2D eigenvalue weighted by atomic mass is 10.2. The van der Waals surface area contributed by atoms with Gasteiger partial charge < -0.3 is 9.64 Å². The van der Waals surface area contributed by atoms with E-state index in [1.807, 2.05) is 18.0 Å². The van der Waals surface area contributed by atoms with E-state index >= 15 is 0 Å². The molecule has 0 radical (unpaired) electrons. The van der Waals surface area contributed by atoms with Crippen LogP contribution in [0.4, 0.5) is 0 Å². The van der Waals surface area contributed by atoms with Crippen LogP contribution in [0.5, 0.6) is 5.75 Å². The van der Waals surface area contributed by atoms with Crippen LogP contribution in [0.15, 0.2) is 24.3 Å². The van der Waals surface area contributed by atoms with Crippen LogP contribution in [-0.2, 0) is 9.84 Å². The molecule has 0 atom stereocenters. The van der Waals surface area contributed by atoms with Gasteiger partial charge in [-0.1, -0.05) is 12.1 Å². The van der Waals surface area contributed by atoms with Crippen LogP contribution in [-0.4, -0.2) is 52.1 Å². The number of nitrogens with zero attached hydrogens (tertiary/aromatic N) is 2. The van der Waals surface area contributed by atoms with Gasteiger partial charge in [0.15, 0.2) is 0 Å². The summed E-state index contributed by atoms with van der Waals surface area (Å²) in [7, 11) is -1.09. The fourth-order valence-electron chi connectivity index (χ4n) is 1.43. The van der Waals surface area contributed by atoms with E-state index in [4.69, 9.17) is 10.00 Å². The van der Waals surface area contributed by atoms with E-state index in [1.165, 1.54) is 6.26 Å². The maximum absolute atomic E-state index is 11.0. The number of sulfone groups is 1. The first kappa shape index (κ1) is 15.5. The lowest BCUT2D eigenvalue weighted by Gasteiger charge is -2.16. The summed E-state index contributed by atoms with van der Waals surface area (Å²) in [6, 6.07) is 9.09. The normalized spacial score (nSPS) is 11.3. The third-order valence-electron chi connectivity index (χ3n) is 2.58. The molecule has 0 aliphatic carbocycles. The molecule has 0 heterocycles. The second-order valence-electron chi connectivity index (χ2n) is 4.39. The lowest BCUT2D eigenvalue weighted by Crippen LogP contribution is -2.29. The van der Waals surface area contributed by atoms with Crippen LogP contribution in [0.1, 0.15) is 5.56 Å². The summed E-state index contributed by atoms with van der Waals surface area (Å²) in [5, 5.41) is 8.89. The Labute approximate surface area is 114 Å². The molecule has 0 aliphatic rings. The molecular formula is C13H18N2O3S. The first-order valence-electron chi connectivity index (χ1n) is 5.90. The fraction of sp³-hybridized carbons (Fsp3) is 0.462. The molecule has 0 fully saturated rings. The molecule has 0 spiro atoms. The van der Waals surface area contributed by atoms with Gasteiger partial charge in [0.05, 0.1) is 11.3 Å². The van der Waals surface area contributed by atoms with Gasteiger partial charge in [0.2, 0.25) is 0 Å². The predicted molar refractivity (Wildman–Crippen MR) is 73.9 cm³/mol. The molecule has 0 N–H and O–H groups in total. The Morgan fingerprint density at radius 1 is 1.32 bits per heavy atom. The van der Waals surface area contributed by atoms with Crippen molar-refractivity contribution in [1.82, 2.24) is 4.90 Å². The van der Waals surface area contributed by atoms with Gasteiger partial charge in [0.25, 0.3) is 0 Å². The number of nitriles is 1. The maximum atomic E-state index is 11.0. The molecule has 0 unspecified atom stereocenters. The molecule has 1 aromatic carbocycles. The quantitative estimate of drug-likeness (QED) is 0.743. The molecule has 0 saturated carbocycles. The highest BCUT2D eigenvalue weighted by Crippen LogP contribution is 2.16. The molecule has 0 aliphatic heterocycles. The van der Waals surface area contributed by atoms with E-state index in [2.05, 4.69) is 6.07 Å². The molecule has 0 aromatic heterocycles. The van der Waals surface area contributed by atoms with Crippen molar-refractivity contribution in [2.24, 2.45) is 0 Å². The number of likely N-dealkylation sites (N-methyl/N-ethyl adjacent to an activating group) is 1. The Bertz CT molecular complexity index is 549. The maximum Gasteiger partial charge on any atom is 0.148 e. The summed E-state index contributed by atoms with van der Waals surface area (Å²) in [6.45, 7) is 1.50. The first-order valence-corrected chi connectivity index (χ1v) is 7.96. The van der Waals surface area contributed by atoms with Crippen molar-refractivity contribution in [1.29, 1.82) is 5.26 Å². The monoisotopic (exact) mass is 282 g/mol. The Morgan fingerprint density at radius 3 is 2.63 bits per heavy atom. The van der Waals surface area contributed by atoms with Crippen molar-refractivity contribution in [2.75, 3.05) is 38.8 Å². The van der Waals surface area contributed by atoms with Crippen LogP contribution in [0.25, 0.3) is 0 Å². The summed E-state index contributed by atoms with van der Waals surface area (Å²) < 4.78 is 27.6. The van der Waals surface area contributed by atoms with Gasteiger partial charge in [0, 0.05) is 19.3 Å². The third-order valence-corrected chi connectivity index (χ3v) is 3.51. The predicted octanol–water partition coefficient (Wildman–Crippen LogP) is 0.913. The van der Waals surface area contributed by atoms with E-state index in [1.54, 1.807) is 18.2 Å². The zero-order chi connectivity index (χ0) is 14.3. The second-order valence-corrected chi connectivity index (χ2v) is 6.65. The average molecular weight is 282 g/mol. The molecule has 0 saturated heterocycles. The van der Waals surface area contributed by atoms with Crippen LogP contribution < -0.4 is 4.74 Å². The molecule has 1 aromatic rings. The summed E-state index contributed by atoms with van der Waals surface area (Å²) in [6.07, 6.45) is 1.22. The standard InChI is InChI=1S/C13H18N2O3S/c1-15(8-10-19(2,16)17)7-9-18-13-6-4-3-5-12(13)11-14/h3-6H,7-10H2,1-2H3. The zero-order valence-corrected chi connectivity index (χ0v) is 12.0. The molecule has 104 valence electrons. The van der Waals surface area contributed by atoms with Crippen molar-refractivity contribution in [3.63, 3.8) is 0 Å². The number of hydrogen-bond donors (Lipinski definition) is 0. The number of para-hydroxylation sites is 1. The van der Waals surface area contributed by atoms with Crippen molar-refractivity contribution in [2.45, 2.75) is 0 Å². The summed E-state index contributed by atoms with van der Waals surface area (Å²) in [5.41, 5.74) is 0.501. The van der Waals surface area contributed by atoms with Gasteiger partial charge in [-0.05, 0) is 19.2 Å². The number of hydrogen-bond acceptors (Lipinski definition) is 5. The Hall–Kier alpha value is -1.58. The molecule has 0 bridgehead atoms. The second kappa shape index (κ2) is 7.12. The van der Waals surface area contributed by atoms with Gasteiger partial charge in [0.1, 0.15) is 28.3 Å². The van der Waals surface area contributed by atoms with E-state index in [0.717, 1.165) is 0 Å². The molecule has 0 amide bonds. The highest BCUT2D eigenvalue weighted by atomic mass is 32.2. The lowest BCUT2D eigenvalue weighted by molar-refractivity contribution is 0.244. The Morgan fingerprint density at radius 2 is 2.00 bits per heavy atom. The summed E-state index contributed by atoms with van der Waals surface area (Å²) >= 11 is 0. The smallest absolute Gasteiger partial charge is 0.148 e. The van der Waals surface area contributed by atoms with E-state index in [9.17, 15) is 8.42 Å². The van der Waals surface area contributed by atoms with Crippen molar-refractivity contribution in [3.8, 4) is 11.8 Å². The summed E-state index contributed by atoms with van der Waals surface area (Å²) in [5.74, 6) is 0.694. The van der Waals surface area contributed by atoms with Gasteiger partial charge in [-0.25, -0.2) is 8.42 Å². The van der Waals surface area contributed by atoms with Crippen molar-refractivity contribution < 1.29 is 13.2 Å². The minimum Gasteiger partial charge on any atom is -0.491 e. The highest BCUT2D eigenvalue weighted by molar-refractivity contribution is 7.90. The molecule has 6 heteroatoms. The molecule has 19 heavy (non-hydrogen) atoms. The SMILES string of the molecule is CN(CCOc1ccccc1C#N)CCS(C)(=O)=O. The van der Waals surface area contributed by atoms with Gasteiger partial charge in [-0.3, -0.25) is 0 Å². The largest absolute Gasteiger partial charge is 0.491 e. The Kier molecular flexibility index (Phi) is 5.80. The minimum absolute atomic E-state index is 0.137. The topological polar surface area (TPSA) is 70.4 Å². The number of rotatable bonds is 7. The van der Waals surface area contributed by atoms with Gasteiger partial charge >= 0.3 is 0 Å². The average Bonchev–Trinajstić information content (AvgIpc) is 2.36. The van der Waals surface area contributed by atoms with Gasteiger partial charge in [-0.2, -0.15) is 5.26 Å². The zero-order valence-electron chi connectivity index (χ0n) is 11.2. The Balaban J connectivity index is 2.36. The van der Waals surface area contributed by atoms with E-state index < -0.39 is 9.84 Å². The van der Waals surface area contributed by atoms with E-state index in [0.29, 0.717) is 31.0 Å². The minimum atomic E-state index is -2.93. The molecule has 1 rings (SSSR count). The molecular weight excluding hydrogens is 264 g/mol. The van der Waals surface area contributed by atoms with Crippen LogP contribution >= 0.6 is 0 Å². The number of ether oxygens (including phenoxy) is 1. The third kappa shape index (κ3) is 6.22. The van der Waals surface area contributed by atoms with Crippen LogP contribution in [0.3, 0.4) is 0 Å². The van der Waals surface area contributed by atoms with E-state index in [-0.39, 0.29) is 5.75 Å². The first-order chi connectivity index (χ1) is 8.92. The van der Waals surface area contributed by atoms with Crippen molar-refractivity contribution in [3.05, 3.63) is 29.8 Å². The molecule has 5 nitrogen and oxygen atoms in total. The summed E-state index contributed by atoms with van der Waals surface area (Å²) in [4.78, 5) is 1.88. The van der Waals surface area contributed by atoms with Crippen LogP contribution in [0.2, 0.25) is 0 Å². The fourth-order valence-corrected chi connectivity index (χ4v) is 2.07. The van der Waals surface area contributed by atoms with Gasteiger partial charge in [-0.15, -0.1) is 0 Å². The van der Waals surface area contributed by atoms with Crippen molar-refractivity contribution >= 4 is 9.84 Å².